The first kappa shape index (κ1) is 17.1. The number of rotatable bonds is 4. The van der Waals surface area contributed by atoms with E-state index < -0.39 is 20.1 Å². The fraction of sp³-hybridized carbons (Fsp3) is 0.294. The van der Waals surface area contributed by atoms with E-state index in [9.17, 15) is 13.9 Å². The molecule has 0 aliphatic rings. The summed E-state index contributed by atoms with van der Waals surface area (Å²) in [5.41, 5.74) is -0.0411. The van der Waals surface area contributed by atoms with E-state index in [1.807, 2.05) is 0 Å². The van der Waals surface area contributed by atoms with Gasteiger partial charge in [0.2, 0.25) is 0 Å². The molecule has 0 saturated carbocycles. The molecule has 2 aromatic carbocycles. The molecule has 0 aromatic heterocycles. The van der Waals surface area contributed by atoms with Crippen LogP contribution in [0.1, 0.15) is 17.2 Å². The lowest BCUT2D eigenvalue weighted by molar-refractivity contribution is -0.117. The predicted molar refractivity (Wildman–Crippen MR) is 89.7 cm³/mol. The van der Waals surface area contributed by atoms with Crippen molar-refractivity contribution in [2.24, 2.45) is 0 Å². The summed E-state index contributed by atoms with van der Waals surface area (Å²) in [5, 5.41) is 11.6. The number of hydrogen-bond donors (Lipinski definition) is 1. The van der Waals surface area contributed by atoms with Gasteiger partial charge in [0.25, 0.3) is 0 Å². The maximum atomic E-state index is 14.5. The van der Waals surface area contributed by atoms with E-state index in [0.29, 0.717) is 5.02 Å². The average Bonchev–Trinajstić information content (AvgIpc) is 2.46. The molecule has 0 amide bonds. The van der Waals surface area contributed by atoms with E-state index in [4.69, 9.17) is 11.6 Å². The van der Waals surface area contributed by atoms with Crippen LogP contribution in [-0.4, -0.2) is 13.2 Å². The number of aliphatic hydroxyl groups is 1. The normalized spacial score (nSPS) is 14.0. The lowest BCUT2D eigenvalue weighted by atomic mass is 9.97. The summed E-state index contributed by atoms with van der Waals surface area (Å²) in [6.45, 7) is 6.47. The van der Waals surface area contributed by atoms with Gasteiger partial charge in [0.15, 0.2) is 0 Å². The fourth-order valence-electron chi connectivity index (χ4n) is 2.20. The van der Waals surface area contributed by atoms with Crippen molar-refractivity contribution in [2.75, 3.05) is 0 Å². The van der Waals surface area contributed by atoms with Crippen molar-refractivity contribution in [3.8, 4) is 0 Å². The minimum Gasteiger partial charge on any atom is -0.382 e. The molecule has 0 aliphatic heterocycles. The standard InChI is InChI=1S/C17H19ClF2OSi/c1-22(2,3)15-10-6-13(7-11-15)17(19,20)16(21)12-4-8-14(18)9-5-12/h4-11,16,21H,1-3H3. The molecule has 1 N–H and O–H groups in total. The van der Waals surface area contributed by atoms with Crippen LogP contribution in [-0.2, 0) is 5.92 Å². The monoisotopic (exact) mass is 340 g/mol. The van der Waals surface area contributed by atoms with Crippen molar-refractivity contribution in [1.82, 2.24) is 0 Å². The highest BCUT2D eigenvalue weighted by Crippen LogP contribution is 2.40. The molecule has 0 bridgehead atoms. The van der Waals surface area contributed by atoms with Crippen LogP contribution in [0, 0.1) is 0 Å². The first-order chi connectivity index (χ1) is 10.1. The number of alkyl halides is 2. The molecule has 1 unspecified atom stereocenters. The van der Waals surface area contributed by atoms with Crippen LogP contribution in [0.25, 0.3) is 0 Å². The molecule has 0 spiro atoms. The van der Waals surface area contributed by atoms with E-state index in [0.717, 1.165) is 5.19 Å². The molecule has 2 rings (SSSR count). The first-order valence-electron chi connectivity index (χ1n) is 7.05. The summed E-state index contributed by atoms with van der Waals surface area (Å²) in [4.78, 5) is 0. The molecule has 0 aliphatic carbocycles. The fourth-order valence-corrected chi connectivity index (χ4v) is 3.50. The summed E-state index contributed by atoms with van der Waals surface area (Å²) in [7, 11) is -1.53. The highest BCUT2D eigenvalue weighted by molar-refractivity contribution is 6.88. The predicted octanol–water partition coefficient (Wildman–Crippen LogP) is 4.71. The Balaban J connectivity index is 2.31. The van der Waals surface area contributed by atoms with E-state index in [1.54, 1.807) is 12.1 Å². The Morgan fingerprint density at radius 3 is 1.91 bits per heavy atom. The summed E-state index contributed by atoms with van der Waals surface area (Å²) < 4.78 is 29.0. The highest BCUT2D eigenvalue weighted by Gasteiger charge is 2.41. The number of hydrogen-bond acceptors (Lipinski definition) is 1. The Labute approximate surface area is 135 Å². The Morgan fingerprint density at radius 2 is 1.45 bits per heavy atom. The minimum atomic E-state index is -3.36. The van der Waals surface area contributed by atoms with Crippen LogP contribution in [0.15, 0.2) is 48.5 Å². The summed E-state index contributed by atoms with van der Waals surface area (Å²) in [6.07, 6.45) is -1.90. The Hall–Kier alpha value is -1.23. The molecular formula is C17H19ClF2OSi. The van der Waals surface area contributed by atoms with Gasteiger partial charge in [0, 0.05) is 10.6 Å². The van der Waals surface area contributed by atoms with E-state index >= 15 is 0 Å². The van der Waals surface area contributed by atoms with Gasteiger partial charge in [-0.25, -0.2) is 0 Å². The van der Waals surface area contributed by atoms with Crippen LogP contribution in [0.4, 0.5) is 8.78 Å². The van der Waals surface area contributed by atoms with Crippen LogP contribution < -0.4 is 5.19 Å². The van der Waals surface area contributed by atoms with Gasteiger partial charge in [-0.2, -0.15) is 8.78 Å². The van der Waals surface area contributed by atoms with Gasteiger partial charge < -0.3 is 5.11 Å². The molecule has 2 aromatic rings. The van der Waals surface area contributed by atoms with Gasteiger partial charge in [-0.3, -0.25) is 0 Å². The third kappa shape index (κ3) is 3.56. The molecule has 1 atom stereocenters. The lowest BCUT2D eigenvalue weighted by Crippen LogP contribution is -2.37. The Kier molecular flexibility index (Phi) is 4.75. The van der Waals surface area contributed by atoms with Crippen molar-refractivity contribution in [3.05, 3.63) is 64.7 Å². The molecule has 1 nitrogen and oxygen atoms in total. The van der Waals surface area contributed by atoms with Gasteiger partial charge in [-0.1, -0.05) is 72.8 Å². The zero-order chi connectivity index (χ0) is 16.5. The van der Waals surface area contributed by atoms with Gasteiger partial charge in [0.1, 0.15) is 6.10 Å². The molecule has 118 valence electrons. The second-order valence-corrected chi connectivity index (χ2v) is 11.9. The van der Waals surface area contributed by atoms with Crippen LogP contribution in [0.5, 0.6) is 0 Å². The Bertz CT molecular complexity index is 633. The SMILES string of the molecule is C[Si](C)(C)c1ccc(C(F)(F)C(O)c2ccc(Cl)cc2)cc1. The second kappa shape index (κ2) is 6.11. The maximum absolute atomic E-state index is 14.5. The van der Waals surface area contributed by atoms with Crippen molar-refractivity contribution >= 4 is 24.9 Å². The molecule has 0 heterocycles. The van der Waals surface area contributed by atoms with Crippen LogP contribution >= 0.6 is 11.6 Å². The van der Waals surface area contributed by atoms with E-state index in [1.165, 1.54) is 36.4 Å². The third-order valence-electron chi connectivity index (χ3n) is 3.66. The number of halogens is 3. The first-order valence-corrected chi connectivity index (χ1v) is 10.9. The summed E-state index contributed by atoms with van der Waals surface area (Å²) in [6, 6.07) is 12.1. The molecule has 0 saturated heterocycles. The molecule has 0 fully saturated rings. The summed E-state index contributed by atoms with van der Waals surface area (Å²) in [5.74, 6) is -3.36. The topological polar surface area (TPSA) is 20.2 Å². The third-order valence-corrected chi connectivity index (χ3v) is 5.98. The maximum Gasteiger partial charge on any atom is 0.302 e. The quantitative estimate of drug-likeness (QED) is 0.799. The smallest absolute Gasteiger partial charge is 0.302 e. The van der Waals surface area contributed by atoms with Gasteiger partial charge in [-0.15, -0.1) is 0 Å². The van der Waals surface area contributed by atoms with Gasteiger partial charge in [0.05, 0.1) is 8.07 Å². The van der Waals surface area contributed by atoms with Crippen molar-refractivity contribution in [1.29, 1.82) is 0 Å². The number of aliphatic hydroxyl groups excluding tert-OH is 1. The van der Waals surface area contributed by atoms with Gasteiger partial charge in [-0.05, 0) is 17.7 Å². The lowest BCUT2D eigenvalue weighted by Gasteiger charge is -2.24. The summed E-state index contributed by atoms with van der Waals surface area (Å²) >= 11 is 5.74. The van der Waals surface area contributed by atoms with E-state index in [2.05, 4.69) is 19.6 Å². The number of benzene rings is 2. The largest absolute Gasteiger partial charge is 0.382 e. The van der Waals surface area contributed by atoms with Crippen molar-refractivity contribution < 1.29 is 13.9 Å². The van der Waals surface area contributed by atoms with Crippen LogP contribution in [0.3, 0.4) is 0 Å². The minimum absolute atomic E-state index is 0.142. The van der Waals surface area contributed by atoms with Crippen molar-refractivity contribution in [2.45, 2.75) is 31.7 Å². The second-order valence-electron chi connectivity index (χ2n) is 6.40. The van der Waals surface area contributed by atoms with Crippen molar-refractivity contribution in [3.63, 3.8) is 0 Å². The average molecular weight is 341 g/mol. The van der Waals surface area contributed by atoms with Crippen LogP contribution in [0.2, 0.25) is 24.7 Å². The molecule has 5 heteroatoms. The molecular weight excluding hydrogens is 322 g/mol. The molecule has 0 radical (unpaired) electrons. The highest BCUT2D eigenvalue weighted by atomic mass is 35.5. The zero-order valence-electron chi connectivity index (χ0n) is 12.8. The Morgan fingerprint density at radius 1 is 0.955 bits per heavy atom. The molecule has 22 heavy (non-hydrogen) atoms. The van der Waals surface area contributed by atoms with Gasteiger partial charge >= 0.3 is 5.92 Å². The zero-order valence-corrected chi connectivity index (χ0v) is 14.5. The van der Waals surface area contributed by atoms with E-state index in [-0.39, 0.29) is 11.1 Å².